The maximum atomic E-state index is 3.73. The molecule has 1 nitrogen and oxygen atoms in total. The molecule has 0 bridgehead atoms. The Morgan fingerprint density at radius 2 is 2.38 bits per heavy atom. The van der Waals surface area contributed by atoms with E-state index in [1.54, 1.807) is 0 Å². The van der Waals surface area contributed by atoms with Crippen LogP contribution in [0.5, 0.6) is 0 Å². The lowest BCUT2D eigenvalue weighted by molar-refractivity contribution is 0.437. The van der Waals surface area contributed by atoms with E-state index < -0.39 is 0 Å². The number of thioether (sulfide) groups is 2. The predicted octanol–water partition coefficient (Wildman–Crippen LogP) is 2.61. The van der Waals surface area contributed by atoms with Crippen molar-refractivity contribution in [3.8, 4) is 0 Å². The second-order valence-electron chi connectivity index (χ2n) is 3.82. The van der Waals surface area contributed by atoms with Gasteiger partial charge in [-0.25, -0.2) is 0 Å². The molecule has 3 unspecified atom stereocenters. The molecule has 78 valence electrons. The zero-order chi connectivity index (χ0) is 9.68. The van der Waals surface area contributed by atoms with Crippen molar-refractivity contribution in [3.05, 3.63) is 0 Å². The second-order valence-corrected chi connectivity index (χ2v) is 6.29. The van der Waals surface area contributed by atoms with Crippen molar-refractivity contribution >= 4 is 23.5 Å². The van der Waals surface area contributed by atoms with E-state index >= 15 is 0 Å². The molecule has 0 aromatic carbocycles. The molecule has 0 spiro atoms. The predicted molar refractivity (Wildman–Crippen MR) is 65.9 cm³/mol. The zero-order valence-electron chi connectivity index (χ0n) is 8.88. The van der Waals surface area contributed by atoms with Crippen LogP contribution in [0.3, 0.4) is 0 Å². The minimum Gasteiger partial charge on any atom is -0.310 e. The molecule has 0 saturated carbocycles. The minimum atomic E-state index is 0.693. The van der Waals surface area contributed by atoms with Crippen LogP contribution in [0.4, 0.5) is 0 Å². The number of hydrogen-bond donors (Lipinski definition) is 1. The van der Waals surface area contributed by atoms with Crippen LogP contribution in [-0.4, -0.2) is 35.1 Å². The van der Waals surface area contributed by atoms with Crippen molar-refractivity contribution in [2.45, 2.75) is 44.0 Å². The van der Waals surface area contributed by atoms with Crippen LogP contribution in [0.15, 0.2) is 0 Å². The highest BCUT2D eigenvalue weighted by Gasteiger charge is 2.24. The Hall–Kier alpha value is 0.660. The summed E-state index contributed by atoms with van der Waals surface area (Å²) in [5, 5.41) is 4.55. The van der Waals surface area contributed by atoms with Gasteiger partial charge in [0.1, 0.15) is 0 Å². The molecule has 3 heteroatoms. The summed E-state index contributed by atoms with van der Waals surface area (Å²) in [4.78, 5) is 0. The standard InChI is InChI=1S/C10H21NS2/c1-8(4-6-12-3)11-10-5-7-13-9(10)2/h8-11H,4-7H2,1-3H3. The molecular formula is C10H21NS2. The quantitative estimate of drug-likeness (QED) is 0.763. The van der Waals surface area contributed by atoms with Gasteiger partial charge in [-0.15, -0.1) is 0 Å². The molecular weight excluding hydrogens is 198 g/mol. The van der Waals surface area contributed by atoms with Gasteiger partial charge in [0, 0.05) is 17.3 Å². The Morgan fingerprint density at radius 1 is 1.62 bits per heavy atom. The molecule has 1 heterocycles. The third-order valence-electron chi connectivity index (χ3n) is 2.63. The third kappa shape index (κ3) is 4.13. The average Bonchev–Trinajstić information content (AvgIpc) is 2.48. The van der Waals surface area contributed by atoms with Crippen LogP contribution >= 0.6 is 23.5 Å². The molecule has 0 aliphatic carbocycles. The van der Waals surface area contributed by atoms with Gasteiger partial charge in [-0.1, -0.05) is 6.92 Å². The Balaban J connectivity index is 2.15. The maximum Gasteiger partial charge on any atom is 0.0194 e. The Morgan fingerprint density at radius 3 is 2.92 bits per heavy atom. The first-order valence-corrected chi connectivity index (χ1v) is 7.55. The first-order chi connectivity index (χ1) is 6.24. The minimum absolute atomic E-state index is 0.693. The van der Waals surface area contributed by atoms with Gasteiger partial charge in [-0.05, 0) is 37.5 Å². The molecule has 0 aromatic heterocycles. The van der Waals surface area contributed by atoms with Crippen LogP contribution in [0, 0.1) is 0 Å². The largest absolute Gasteiger partial charge is 0.310 e. The lowest BCUT2D eigenvalue weighted by Crippen LogP contribution is -2.39. The van der Waals surface area contributed by atoms with E-state index in [-0.39, 0.29) is 0 Å². The number of nitrogens with one attached hydrogen (secondary N) is 1. The molecule has 13 heavy (non-hydrogen) atoms. The summed E-state index contributed by atoms with van der Waals surface area (Å²) in [6, 6.07) is 1.46. The summed E-state index contributed by atoms with van der Waals surface area (Å²) in [6.07, 6.45) is 4.84. The summed E-state index contributed by atoms with van der Waals surface area (Å²) >= 11 is 4.05. The zero-order valence-corrected chi connectivity index (χ0v) is 10.5. The van der Waals surface area contributed by atoms with Crippen molar-refractivity contribution in [2.75, 3.05) is 17.8 Å². The fourth-order valence-electron chi connectivity index (χ4n) is 1.69. The van der Waals surface area contributed by atoms with Crippen molar-refractivity contribution in [3.63, 3.8) is 0 Å². The van der Waals surface area contributed by atoms with Crippen molar-refractivity contribution in [1.29, 1.82) is 0 Å². The van der Waals surface area contributed by atoms with Crippen LogP contribution in [0.25, 0.3) is 0 Å². The molecule has 1 aliphatic rings. The highest BCUT2D eigenvalue weighted by molar-refractivity contribution is 8.00. The SMILES string of the molecule is CSCCC(C)NC1CCSC1C. The van der Waals surface area contributed by atoms with E-state index in [9.17, 15) is 0 Å². The fourth-order valence-corrected chi connectivity index (χ4v) is 3.49. The fraction of sp³-hybridized carbons (Fsp3) is 1.00. The molecule has 3 atom stereocenters. The highest BCUT2D eigenvalue weighted by atomic mass is 32.2. The van der Waals surface area contributed by atoms with Gasteiger partial charge >= 0.3 is 0 Å². The van der Waals surface area contributed by atoms with E-state index in [1.807, 2.05) is 11.8 Å². The van der Waals surface area contributed by atoms with Crippen LogP contribution in [0.1, 0.15) is 26.7 Å². The van der Waals surface area contributed by atoms with Crippen LogP contribution in [-0.2, 0) is 0 Å². The van der Waals surface area contributed by atoms with Crippen molar-refractivity contribution in [2.24, 2.45) is 0 Å². The van der Waals surface area contributed by atoms with Gasteiger partial charge < -0.3 is 5.32 Å². The molecule has 1 saturated heterocycles. The van der Waals surface area contributed by atoms with Crippen LogP contribution in [0.2, 0.25) is 0 Å². The Bertz CT molecular complexity index is 141. The molecule has 1 fully saturated rings. The number of rotatable bonds is 5. The van der Waals surface area contributed by atoms with Crippen molar-refractivity contribution in [1.82, 2.24) is 5.32 Å². The molecule has 0 aromatic rings. The van der Waals surface area contributed by atoms with Gasteiger partial charge in [0.05, 0.1) is 0 Å². The maximum absolute atomic E-state index is 3.73. The highest BCUT2D eigenvalue weighted by Crippen LogP contribution is 2.26. The lowest BCUT2D eigenvalue weighted by Gasteiger charge is -2.21. The van der Waals surface area contributed by atoms with E-state index in [1.165, 1.54) is 24.3 Å². The topological polar surface area (TPSA) is 12.0 Å². The summed E-state index contributed by atoms with van der Waals surface area (Å²) in [5.41, 5.74) is 0. The first kappa shape index (κ1) is 11.7. The Labute approximate surface area is 90.8 Å². The molecule has 0 amide bonds. The summed E-state index contributed by atoms with van der Waals surface area (Å²) in [7, 11) is 0. The average molecular weight is 219 g/mol. The summed E-state index contributed by atoms with van der Waals surface area (Å²) < 4.78 is 0. The van der Waals surface area contributed by atoms with E-state index in [2.05, 4.69) is 37.2 Å². The third-order valence-corrected chi connectivity index (χ3v) is 4.60. The van der Waals surface area contributed by atoms with Gasteiger partial charge in [-0.2, -0.15) is 23.5 Å². The molecule has 1 rings (SSSR count). The second kappa shape index (κ2) is 6.20. The molecule has 0 radical (unpaired) electrons. The lowest BCUT2D eigenvalue weighted by atomic mass is 10.1. The summed E-state index contributed by atoms with van der Waals surface area (Å²) in [5.74, 6) is 2.62. The smallest absolute Gasteiger partial charge is 0.0194 e. The van der Waals surface area contributed by atoms with E-state index in [4.69, 9.17) is 0 Å². The first-order valence-electron chi connectivity index (χ1n) is 5.10. The van der Waals surface area contributed by atoms with Gasteiger partial charge in [0.25, 0.3) is 0 Å². The van der Waals surface area contributed by atoms with Gasteiger partial charge in [0.15, 0.2) is 0 Å². The Kier molecular flexibility index (Phi) is 5.60. The van der Waals surface area contributed by atoms with Crippen LogP contribution < -0.4 is 5.32 Å². The molecule has 1 aliphatic heterocycles. The number of hydrogen-bond acceptors (Lipinski definition) is 3. The van der Waals surface area contributed by atoms with E-state index in [0.717, 1.165) is 11.3 Å². The molecule has 1 N–H and O–H groups in total. The van der Waals surface area contributed by atoms with Crippen molar-refractivity contribution < 1.29 is 0 Å². The van der Waals surface area contributed by atoms with Gasteiger partial charge in [-0.3, -0.25) is 0 Å². The monoisotopic (exact) mass is 219 g/mol. The van der Waals surface area contributed by atoms with Gasteiger partial charge in [0.2, 0.25) is 0 Å². The normalized spacial score (nSPS) is 30.7. The summed E-state index contributed by atoms with van der Waals surface area (Å²) in [6.45, 7) is 4.66. The van der Waals surface area contributed by atoms with E-state index in [0.29, 0.717) is 6.04 Å².